The molecule has 0 amide bonds. The molecule has 0 aliphatic carbocycles. The number of rotatable bonds is 4. The summed E-state index contributed by atoms with van der Waals surface area (Å²) in [4.78, 5) is 10.7. The van der Waals surface area contributed by atoms with Crippen molar-refractivity contribution >= 4 is 14.3 Å². The maximum absolute atomic E-state index is 10.7. The van der Waals surface area contributed by atoms with Gasteiger partial charge >= 0.3 is 5.97 Å². The van der Waals surface area contributed by atoms with E-state index in [1.165, 1.54) is 0 Å². The molecule has 0 aromatic carbocycles. The monoisotopic (exact) mass is 232 g/mol. The van der Waals surface area contributed by atoms with Crippen molar-refractivity contribution in [3.63, 3.8) is 0 Å². The van der Waals surface area contributed by atoms with Crippen molar-refractivity contribution in [3.05, 3.63) is 0 Å². The van der Waals surface area contributed by atoms with Gasteiger partial charge in [0.25, 0.3) is 0 Å². The molecule has 3 nitrogen and oxygen atoms in total. The molecule has 0 spiro atoms. The smallest absolute Gasteiger partial charge is 0.306 e. The van der Waals surface area contributed by atoms with Crippen LogP contribution in [0.1, 0.15) is 41.0 Å². The Morgan fingerprint density at radius 1 is 1.20 bits per heavy atom. The fourth-order valence-electron chi connectivity index (χ4n) is 1.24. The van der Waals surface area contributed by atoms with E-state index in [9.17, 15) is 4.79 Å². The van der Waals surface area contributed by atoms with Gasteiger partial charge in [-0.15, -0.1) is 0 Å². The molecule has 0 fully saturated rings. The SMILES string of the molecule is CC(C)(CC(=O)O)O[Si](C)(C)C(C)(C)C. The van der Waals surface area contributed by atoms with Gasteiger partial charge < -0.3 is 9.53 Å². The van der Waals surface area contributed by atoms with E-state index in [4.69, 9.17) is 9.53 Å². The fourth-order valence-corrected chi connectivity index (χ4v) is 3.00. The van der Waals surface area contributed by atoms with Crippen LogP contribution in [0.15, 0.2) is 0 Å². The first kappa shape index (κ1) is 14.6. The van der Waals surface area contributed by atoms with Crippen molar-refractivity contribution in [1.82, 2.24) is 0 Å². The van der Waals surface area contributed by atoms with Crippen LogP contribution in [0.4, 0.5) is 0 Å². The van der Waals surface area contributed by atoms with Crippen LogP contribution in [-0.4, -0.2) is 25.0 Å². The molecule has 0 aliphatic rings. The second-order valence-corrected chi connectivity index (χ2v) is 10.9. The fraction of sp³-hybridized carbons (Fsp3) is 0.909. The molecule has 0 radical (unpaired) electrons. The molecule has 0 heterocycles. The largest absolute Gasteiger partial charge is 0.481 e. The van der Waals surface area contributed by atoms with E-state index in [1.807, 2.05) is 13.8 Å². The van der Waals surface area contributed by atoms with Crippen LogP contribution in [0.2, 0.25) is 18.1 Å². The Kier molecular flexibility index (Phi) is 4.16. The number of carbonyl (C=O) groups is 1. The lowest BCUT2D eigenvalue weighted by molar-refractivity contribution is -0.140. The Bertz CT molecular complexity index is 239. The molecule has 0 rings (SSSR count). The summed E-state index contributed by atoms with van der Waals surface area (Å²) in [5, 5.41) is 8.90. The van der Waals surface area contributed by atoms with Crippen LogP contribution in [0, 0.1) is 0 Å². The van der Waals surface area contributed by atoms with Gasteiger partial charge in [0.05, 0.1) is 12.0 Å². The zero-order valence-corrected chi connectivity index (χ0v) is 12.0. The molecular weight excluding hydrogens is 208 g/mol. The van der Waals surface area contributed by atoms with Crippen LogP contribution in [0.5, 0.6) is 0 Å². The molecule has 0 saturated heterocycles. The highest BCUT2D eigenvalue weighted by molar-refractivity contribution is 6.74. The van der Waals surface area contributed by atoms with Crippen LogP contribution < -0.4 is 0 Å². The molecule has 4 heteroatoms. The van der Waals surface area contributed by atoms with Gasteiger partial charge in [-0.2, -0.15) is 0 Å². The highest BCUT2D eigenvalue weighted by atomic mass is 28.4. The van der Waals surface area contributed by atoms with Gasteiger partial charge in [0.2, 0.25) is 0 Å². The Labute approximate surface area is 94.0 Å². The number of hydrogen-bond donors (Lipinski definition) is 1. The van der Waals surface area contributed by atoms with Crippen molar-refractivity contribution < 1.29 is 14.3 Å². The summed E-state index contributed by atoms with van der Waals surface area (Å²) in [6.45, 7) is 14.4. The highest BCUT2D eigenvalue weighted by Gasteiger charge is 2.41. The van der Waals surface area contributed by atoms with Crippen molar-refractivity contribution in [2.45, 2.75) is 64.8 Å². The summed E-state index contributed by atoms with van der Waals surface area (Å²) < 4.78 is 6.06. The van der Waals surface area contributed by atoms with Gasteiger partial charge in [0.1, 0.15) is 0 Å². The summed E-state index contributed by atoms with van der Waals surface area (Å²) in [7, 11) is -1.87. The van der Waals surface area contributed by atoms with Crippen LogP contribution >= 0.6 is 0 Å². The Balaban J connectivity index is 4.64. The lowest BCUT2D eigenvalue weighted by Crippen LogP contribution is -2.48. The minimum absolute atomic E-state index is 0.0551. The minimum atomic E-state index is -1.87. The second-order valence-electron chi connectivity index (χ2n) is 6.19. The third kappa shape index (κ3) is 4.80. The predicted octanol–water partition coefficient (Wildman–Crippen LogP) is 3.26. The zero-order valence-electron chi connectivity index (χ0n) is 11.0. The average Bonchev–Trinajstić information content (AvgIpc) is 1.75. The van der Waals surface area contributed by atoms with Gasteiger partial charge in [0.15, 0.2) is 8.32 Å². The Morgan fingerprint density at radius 2 is 1.60 bits per heavy atom. The van der Waals surface area contributed by atoms with E-state index in [0.717, 1.165) is 0 Å². The maximum Gasteiger partial charge on any atom is 0.306 e. The molecule has 1 N–H and O–H groups in total. The second kappa shape index (κ2) is 4.26. The normalized spacial score (nSPS) is 14.1. The molecule has 0 unspecified atom stereocenters. The lowest BCUT2D eigenvalue weighted by atomic mass is 10.1. The Morgan fingerprint density at radius 3 is 1.87 bits per heavy atom. The van der Waals surface area contributed by atoms with Crippen LogP contribution in [0.3, 0.4) is 0 Å². The van der Waals surface area contributed by atoms with Crippen molar-refractivity contribution in [2.24, 2.45) is 0 Å². The van der Waals surface area contributed by atoms with E-state index < -0.39 is 19.9 Å². The quantitative estimate of drug-likeness (QED) is 0.757. The number of hydrogen-bond acceptors (Lipinski definition) is 2. The van der Waals surface area contributed by atoms with Gasteiger partial charge in [-0.1, -0.05) is 20.8 Å². The van der Waals surface area contributed by atoms with Crippen molar-refractivity contribution in [3.8, 4) is 0 Å². The molecule has 0 bridgehead atoms. The summed E-state index contributed by atoms with van der Waals surface area (Å²) in [6.07, 6.45) is 0.0551. The van der Waals surface area contributed by atoms with E-state index >= 15 is 0 Å². The molecule has 15 heavy (non-hydrogen) atoms. The zero-order chi connectivity index (χ0) is 12.5. The topological polar surface area (TPSA) is 46.5 Å². The summed E-state index contributed by atoms with van der Waals surface area (Å²) in [5.41, 5.74) is -0.575. The van der Waals surface area contributed by atoms with E-state index in [1.54, 1.807) is 0 Å². The third-order valence-corrected chi connectivity index (χ3v) is 7.59. The average molecular weight is 232 g/mol. The predicted molar refractivity (Wildman–Crippen MR) is 64.6 cm³/mol. The van der Waals surface area contributed by atoms with Gasteiger partial charge in [0, 0.05) is 0 Å². The molecule has 0 aliphatic heterocycles. The standard InChI is InChI=1S/C11H24O3Si/c1-10(2,3)15(6,7)14-11(4,5)8-9(12)13/h8H2,1-7H3,(H,12,13). The van der Waals surface area contributed by atoms with E-state index in [-0.39, 0.29) is 11.5 Å². The highest BCUT2D eigenvalue weighted by Crippen LogP contribution is 2.39. The summed E-state index contributed by atoms with van der Waals surface area (Å²) in [6, 6.07) is 0. The van der Waals surface area contributed by atoms with Gasteiger partial charge in [-0.3, -0.25) is 4.79 Å². The number of aliphatic carboxylic acids is 1. The van der Waals surface area contributed by atoms with Gasteiger partial charge in [-0.05, 0) is 32.0 Å². The van der Waals surface area contributed by atoms with Crippen molar-refractivity contribution in [1.29, 1.82) is 0 Å². The van der Waals surface area contributed by atoms with Crippen LogP contribution in [0.25, 0.3) is 0 Å². The van der Waals surface area contributed by atoms with Crippen LogP contribution in [-0.2, 0) is 9.22 Å². The first-order valence-corrected chi connectivity index (χ1v) is 8.20. The molecule has 0 aromatic heterocycles. The first-order chi connectivity index (χ1) is 6.37. The Hall–Kier alpha value is -0.353. The number of carboxylic acids is 1. The third-order valence-electron chi connectivity index (χ3n) is 2.91. The first-order valence-electron chi connectivity index (χ1n) is 5.29. The van der Waals surface area contributed by atoms with Gasteiger partial charge in [-0.25, -0.2) is 0 Å². The van der Waals surface area contributed by atoms with Crippen molar-refractivity contribution in [2.75, 3.05) is 0 Å². The molecule has 0 saturated carbocycles. The minimum Gasteiger partial charge on any atom is -0.481 e. The number of carboxylic acid groups (broad SMARTS) is 1. The summed E-state index contributed by atoms with van der Waals surface area (Å²) in [5.74, 6) is -0.807. The molecule has 0 atom stereocenters. The lowest BCUT2D eigenvalue weighted by Gasteiger charge is -2.42. The van der Waals surface area contributed by atoms with E-state index in [2.05, 4.69) is 33.9 Å². The molecule has 0 aromatic rings. The molecular formula is C11H24O3Si. The maximum atomic E-state index is 10.7. The molecule has 90 valence electrons. The van der Waals surface area contributed by atoms with E-state index in [0.29, 0.717) is 0 Å². The summed E-state index contributed by atoms with van der Waals surface area (Å²) >= 11 is 0.